The molecular weight excluding hydrogens is 244 g/mol. The first-order valence-corrected chi connectivity index (χ1v) is 7.63. The molecule has 20 heavy (non-hydrogen) atoms. The van der Waals surface area contributed by atoms with Gasteiger partial charge in [-0.3, -0.25) is 4.90 Å². The fraction of sp³-hybridized carbons (Fsp3) is 0.444. The number of rotatable bonds is 3. The molecule has 0 amide bonds. The monoisotopic (exact) mass is 268 g/mol. The zero-order chi connectivity index (χ0) is 14.1. The number of hydrogen-bond acceptors (Lipinski definition) is 2. The molecular formula is C18H24N2. The Kier molecular flexibility index (Phi) is 3.77. The van der Waals surface area contributed by atoms with E-state index in [9.17, 15) is 0 Å². The lowest BCUT2D eigenvalue weighted by atomic mass is 10.0. The van der Waals surface area contributed by atoms with Crippen molar-refractivity contribution in [3.63, 3.8) is 0 Å². The summed E-state index contributed by atoms with van der Waals surface area (Å²) in [6, 6.07) is 16.5. The smallest absolute Gasteiger partial charge is 0.0323 e. The largest absolute Gasteiger partial charge is 0.330 e. The number of nitrogens with two attached hydrogens (primary N) is 1. The van der Waals surface area contributed by atoms with Crippen LogP contribution in [0.3, 0.4) is 0 Å². The number of nitrogens with zero attached hydrogens (tertiary/aromatic N) is 1. The lowest BCUT2D eigenvalue weighted by Crippen LogP contribution is -2.30. The van der Waals surface area contributed by atoms with Gasteiger partial charge >= 0.3 is 0 Å². The summed E-state index contributed by atoms with van der Waals surface area (Å²) in [5.41, 5.74) is 7.26. The minimum atomic E-state index is 0.464. The first kappa shape index (κ1) is 13.6. The first-order valence-electron chi connectivity index (χ1n) is 7.63. The minimum Gasteiger partial charge on any atom is -0.330 e. The molecule has 0 saturated carbocycles. The van der Waals surface area contributed by atoms with Gasteiger partial charge in [0, 0.05) is 18.6 Å². The van der Waals surface area contributed by atoms with Gasteiger partial charge in [0.2, 0.25) is 0 Å². The molecule has 3 atom stereocenters. The summed E-state index contributed by atoms with van der Waals surface area (Å²) >= 11 is 0. The molecule has 1 aliphatic rings. The molecule has 106 valence electrons. The molecule has 0 radical (unpaired) electrons. The molecule has 0 spiro atoms. The van der Waals surface area contributed by atoms with Gasteiger partial charge in [-0.2, -0.15) is 0 Å². The Bertz CT molecular complexity index is 593. The second-order valence-corrected chi connectivity index (χ2v) is 6.17. The second-order valence-electron chi connectivity index (χ2n) is 6.17. The minimum absolute atomic E-state index is 0.464. The zero-order valence-corrected chi connectivity index (χ0v) is 12.4. The van der Waals surface area contributed by atoms with E-state index < -0.39 is 0 Å². The Morgan fingerprint density at radius 1 is 1.20 bits per heavy atom. The van der Waals surface area contributed by atoms with E-state index in [2.05, 4.69) is 61.2 Å². The van der Waals surface area contributed by atoms with Crippen molar-refractivity contribution in [1.29, 1.82) is 0 Å². The topological polar surface area (TPSA) is 29.3 Å². The maximum absolute atomic E-state index is 5.84. The van der Waals surface area contributed by atoms with Gasteiger partial charge < -0.3 is 5.73 Å². The van der Waals surface area contributed by atoms with E-state index >= 15 is 0 Å². The van der Waals surface area contributed by atoms with Crippen molar-refractivity contribution in [3.8, 4) is 0 Å². The lowest BCUT2D eigenvalue weighted by Gasteiger charge is -2.29. The standard InChI is InChI=1S/C18H24N2/c1-13-9-15(11-19)12-20(13)14(2)17-8-7-16-5-3-4-6-18(16)10-17/h3-8,10,13-15H,9,11-12,19H2,1-2H3. The van der Waals surface area contributed by atoms with Crippen LogP contribution < -0.4 is 5.73 Å². The molecule has 2 nitrogen and oxygen atoms in total. The summed E-state index contributed by atoms with van der Waals surface area (Å²) in [4.78, 5) is 2.60. The quantitative estimate of drug-likeness (QED) is 0.922. The van der Waals surface area contributed by atoms with Crippen LogP contribution in [-0.2, 0) is 0 Å². The van der Waals surface area contributed by atoms with Crippen molar-refractivity contribution >= 4 is 10.8 Å². The number of likely N-dealkylation sites (tertiary alicyclic amines) is 1. The van der Waals surface area contributed by atoms with Crippen molar-refractivity contribution < 1.29 is 0 Å². The molecule has 1 aliphatic heterocycles. The van der Waals surface area contributed by atoms with Crippen LogP contribution in [0.1, 0.15) is 31.9 Å². The van der Waals surface area contributed by atoms with Crippen LogP contribution in [0, 0.1) is 5.92 Å². The third-order valence-electron chi connectivity index (χ3n) is 4.80. The predicted octanol–water partition coefficient (Wildman–Crippen LogP) is 3.57. The molecule has 2 N–H and O–H groups in total. The SMILES string of the molecule is CC1CC(CN)CN1C(C)c1ccc2ccccc2c1. The van der Waals surface area contributed by atoms with Crippen molar-refractivity contribution in [2.45, 2.75) is 32.4 Å². The molecule has 0 aliphatic carbocycles. The van der Waals surface area contributed by atoms with E-state index in [1.165, 1.54) is 22.8 Å². The van der Waals surface area contributed by atoms with Crippen LogP contribution in [0.15, 0.2) is 42.5 Å². The molecule has 1 saturated heterocycles. The highest BCUT2D eigenvalue weighted by atomic mass is 15.2. The molecule has 3 rings (SSSR count). The van der Waals surface area contributed by atoms with Crippen LogP contribution in [-0.4, -0.2) is 24.0 Å². The molecule has 2 heteroatoms. The average molecular weight is 268 g/mol. The van der Waals surface area contributed by atoms with Crippen LogP contribution >= 0.6 is 0 Å². The molecule has 2 aromatic carbocycles. The van der Waals surface area contributed by atoms with E-state index in [1.807, 2.05) is 0 Å². The number of fused-ring (bicyclic) bond motifs is 1. The van der Waals surface area contributed by atoms with E-state index in [0.717, 1.165) is 13.1 Å². The van der Waals surface area contributed by atoms with Gasteiger partial charge in [-0.05, 0) is 55.1 Å². The lowest BCUT2D eigenvalue weighted by molar-refractivity contribution is 0.201. The Balaban J connectivity index is 1.86. The Morgan fingerprint density at radius 2 is 1.95 bits per heavy atom. The number of benzene rings is 2. The van der Waals surface area contributed by atoms with E-state index in [-0.39, 0.29) is 0 Å². The van der Waals surface area contributed by atoms with Gasteiger partial charge in [0.05, 0.1) is 0 Å². The first-order chi connectivity index (χ1) is 9.69. The van der Waals surface area contributed by atoms with Gasteiger partial charge in [0.25, 0.3) is 0 Å². The molecule has 1 heterocycles. The maximum Gasteiger partial charge on any atom is 0.0323 e. The third kappa shape index (κ3) is 2.46. The summed E-state index contributed by atoms with van der Waals surface area (Å²) in [6.45, 7) is 6.59. The van der Waals surface area contributed by atoms with Gasteiger partial charge in [-0.1, -0.05) is 36.4 Å². The summed E-state index contributed by atoms with van der Waals surface area (Å²) in [7, 11) is 0. The van der Waals surface area contributed by atoms with E-state index in [4.69, 9.17) is 5.73 Å². The number of hydrogen-bond donors (Lipinski definition) is 1. The van der Waals surface area contributed by atoms with Crippen molar-refractivity contribution in [1.82, 2.24) is 4.90 Å². The fourth-order valence-corrected chi connectivity index (χ4v) is 3.54. The van der Waals surface area contributed by atoms with Crippen LogP contribution in [0.4, 0.5) is 0 Å². The fourth-order valence-electron chi connectivity index (χ4n) is 3.54. The summed E-state index contributed by atoms with van der Waals surface area (Å²) < 4.78 is 0. The molecule has 2 aromatic rings. The molecule has 1 fully saturated rings. The normalized spacial score (nSPS) is 25.1. The van der Waals surface area contributed by atoms with Crippen LogP contribution in [0.2, 0.25) is 0 Å². The van der Waals surface area contributed by atoms with Crippen LogP contribution in [0.25, 0.3) is 10.8 Å². The van der Waals surface area contributed by atoms with Gasteiger partial charge in [-0.25, -0.2) is 0 Å². The molecule has 3 unspecified atom stereocenters. The summed E-state index contributed by atoms with van der Waals surface area (Å²) in [5, 5.41) is 2.65. The Hall–Kier alpha value is -1.38. The zero-order valence-electron chi connectivity index (χ0n) is 12.4. The Labute approximate surface area is 121 Å². The molecule has 0 bridgehead atoms. The van der Waals surface area contributed by atoms with Gasteiger partial charge in [-0.15, -0.1) is 0 Å². The third-order valence-corrected chi connectivity index (χ3v) is 4.80. The van der Waals surface area contributed by atoms with Crippen molar-refractivity contribution in [3.05, 3.63) is 48.0 Å². The highest BCUT2D eigenvalue weighted by Crippen LogP contribution is 2.32. The van der Waals surface area contributed by atoms with Crippen LogP contribution in [0.5, 0.6) is 0 Å². The van der Waals surface area contributed by atoms with Crippen molar-refractivity contribution in [2.75, 3.05) is 13.1 Å². The highest BCUT2D eigenvalue weighted by Gasteiger charge is 2.31. The second kappa shape index (κ2) is 5.55. The summed E-state index contributed by atoms with van der Waals surface area (Å²) in [5.74, 6) is 0.660. The maximum atomic E-state index is 5.84. The highest BCUT2D eigenvalue weighted by molar-refractivity contribution is 5.83. The average Bonchev–Trinajstić information content (AvgIpc) is 2.87. The molecule has 0 aromatic heterocycles. The van der Waals surface area contributed by atoms with E-state index in [1.54, 1.807) is 0 Å². The predicted molar refractivity (Wildman–Crippen MR) is 85.7 cm³/mol. The van der Waals surface area contributed by atoms with Gasteiger partial charge in [0.1, 0.15) is 0 Å². The van der Waals surface area contributed by atoms with Gasteiger partial charge in [0.15, 0.2) is 0 Å². The summed E-state index contributed by atoms with van der Waals surface area (Å²) in [6.07, 6.45) is 1.23. The Morgan fingerprint density at radius 3 is 2.65 bits per heavy atom. The van der Waals surface area contributed by atoms with Crippen molar-refractivity contribution in [2.24, 2.45) is 11.7 Å². The van der Waals surface area contributed by atoms with E-state index in [0.29, 0.717) is 18.0 Å².